The summed E-state index contributed by atoms with van der Waals surface area (Å²) in [5.74, 6) is -0.869. The lowest BCUT2D eigenvalue weighted by Crippen LogP contribution is -1.94. The topological polar surface area (TPSA) is 258 Å². The number of hydrogen-bond acceptors (Lipinski definition) is 18. The predicted molar refractivity (Wildman–Crippen MR) is 539 cm³/mol. The molecule has 0 aliphatic rings. The minimum atomic E-state index is -0.476. The van der Waals surface area contributed by atoms with Crippen molar-refractivity contribution in [2.24, 2.45) is 0 Å². The van der Waals surface area contributed by atoms with Crippen molar-refractivity contribution in [1.82, 2.24) is 117 Å². The van der Waals surface area contributed by atoms with E-state index in [4.69, 9.17) is 81.2 Å². The van der Waals surface area contributed by atoms with Crippen LogP contribution in [-0.2, 0) is 0 Å². The van der Waals surface area contributed by atoms with Gasteiger partial charge in [-0.05, 0) is 232 Å². The molecule has 0 amide bonds. The predicted octanol–water partition coefficient (Wildman–Crippen LogP) is 26.5. The zero-order valence-electron chi connectivity index (χ0n) is 72.8. The Balaban J connectivity index is 0.000000106. The van der Waals surface area contributed by atoms with Crippen LogP contribution in [0.3, 0.4) is 0 Å². The van der Waals surface area contributed by atoms with Gasteiger partial charge in [0.05, 0.1) is 44.2 Å². The summed E-state index contributed by atoms with van der Waals surface area (Å²) in [5.41, 5.74) is 29.1. The van der Waals surface area contributed by atoms with Crippen molar-refractivity contribution in [3.8, 4) is 134 Å². The second-order valence-corrected chi connectivity index (χ2v) is 34.0. The molecule has 672 valence electrons. The largest absolute Gasteiger partial charge is 0.256 e. The molecule has 6 aromatic carbocycles. The molecule has 0 saturated heterocycles. The Kier molecular flexibility index (Phi) is 27.0. The first-order valence-electron chi connectivity index (χ1n) is 42.5. The second kappa shape index (κ2) is 41.0. The molecular weight excluding hydrogens is 1880 g/mol. The fourth-order valence-corrected chi connectivity index (χ4v) is 17.1. The van der Waals surface area contributed by atoms with Gasteiger partial charge in [0, 0.05) is 200 Å². The van der Waals surface area contributed by atoms with Gasteiger partial charge >= 0.3 is 0 Å². The van der Waals surface area contributed by atoms with Crippen LogP contribution in [0, 0.1) is 32.4 Å². The molecule has 0 atom stereocenters. The summed E-state index contributed by atoms with van der Waals surface area (Å²) in [6, 6.07) is 79.1. The van der Waals surface area contributed by atoms with E-state index in [1.165, 1.54) is 37.2 Å². The standard InChI is InChI=1S/3C18H13ClN4.C17H10Cl2N4.2C17H10ClFN4/c1-12-14(4-2-6-16(12)19)18-15(5-3-9-20-18)13-7-8-17-21-11-22-23(17)10-13;1-12-4-6-14(19)9-16(12)18-15(3-2-8-20-18)13-5-7-17-21-11-22-23(17)10-13;1-12-7-14(9-15(19)8-12)18-16(3-2-6-20-18)13-4-5-17-21-11-22-23(17)10-13;18-12-4-5-15(19)14(8-12)17-13(2-1-7-20-17)11-3-6-16-21-10-22-23(16)9-11;18-14-5-1-3-13(16(14)19)17-12(4-2-8-20-17)11-6-7-15-21-10-22-23(15)9-11;18-13-6-12(7-14(19)8-13)17-15(2-1-5-20-17)11-3-4-16-21-10-22-23(16)9-11/h3*2-11H,1H3;3*1-10H. The van der Waals surface area contributed by atoms with E-state index in [0.29, 0.717) is 47.6 Å². The molecule has 0 unspecified atom stereocenters. The molecule has 0 fully saturated rings. The van der Waals surface area contributed by atoms with E-state index in [9.17, 15) is 8.78 Å². The van der Waals surface area contributed by atoms with Crippen molar-refractivity contribution in [1.29, 1.82) is 0 Å². The van der Waals surface area contributed by atoms with E-state index in [2.05, 4.69) is 122 Å². The van der Waals surface area contributed by atoms with Gasteiger partial charge in [-0.15, -0.1) is 0 Å². The smallest absolute Gasteiger partial charge is 0.155 e. The summed E-state index contributed by atoms with van der Waals surface area (Å²) in [6.45, 7) is 6.10. The molecule has 0 aliphatic carbocycles. The van der Waals surface area contributed by atoms with E-state index in [0.717, 1.165) is 167 Å². The van der Waals surface area contributed by atoms with Crippen molar-refractivity contribution in [3.05, 3.63) is 431 Å². The lowest BCUT2D eigenvalue weighted by molar-refractivity contribution is 0.628. The summed E-state index contributed by atoms with van der Waals surface area (Å²) in [5, 5.41) is 28.8. The highest BCUT2D eigenvalue weighted by Gasteiger charge is 2.21. The number of aromatic nitrogens is 24. The van der Waals surface area contributed by atoms with Crippen molar-refractivity contribution in [2.75, 3.05) is 0 Å². The van der Waals surface area contributed by atoms with Gasteiger partial charge in [-0.2, -0.15) is 30.6 Å². The van der Waals surface area contributed by atoms with Gasteiger partial charge in [-0.25, -0.2) is 65.8 Å². The third-order valence-corrected chi connectivity index (χ3v) is 24.1. The highest BCUT2D eigenvalue weighted by atomic mass is 35.5. The van der Waals surface area contributed by atoms with Gasteiger partial charge in [0.25, 0.3) is 0 Å². The van der Waals surface area contributed by atoms with E-state index < -0.39 is 11.6 Å². The van der Waals surface area contributed by atoms with E-state index in [-0.39, 0.29) is 5.02 Å². The molecular formula is C105H69Cl7F2N24. The van der Waals surface area contributed by atoms with E-state index in [1.807, 2.05) is 233 Å². The van der Waals surface area contributed by atoms with Crippen LogP contribution >= 0.6 is 81.2 Å². The van der Waals surface area contributed by atoms with Gasteiger partial charge in [-0.3, -0.25) is 29.9 Å². The summed E-state index contributed by atoms with van der Waals surface area (Å²) in [7, 11) is 0. The number of halogens is 9. The highest BCUT2D eigenvalue weighted by Crippen LogP contribution is 2.42. The maximum absolute atomic E-state index is 14.4. The Hall–Kier alpha value is -16.2. The first-order valence-corrected chi connectivity index (χ1v) is 45.1. The number of hydrogen-bond donors (Lipinski definition) is 0. The molecule has 24 aromatic rings. The quantitative estimate of drug-likeness (QED) is 0.110. The molecule has 0 saturated carbocycles. The van der Waals surface area contributed by atoms with Gasteiger partial charge < -0.3 is 0 Å². The van der Waals surface area contributed by atoms with Crippen molar-refractivity contribution in [2.45, 2.75) is 20.8 Å². The molecule has 24 nitrogen and oxygen atoms in total. The molecule has 0 aliphatic heterocycles. The lowest BCUT2D eigenvalue weighted by atomic mass is 9.97. The number of nitrogens with zero attached hydrogens (tertiary/aromatic N) is 24. The van der Waals surface area contributed by atoms with Gasteiger partial charge in [0.15, 0.2) is 39.7 Å². The van der Waals surface area contributed by atoms with E-state index >= 15 is 0 Å². The number of benzene rings is 6. The minimum Gasteiger partial charge on any atom is -0.256 e. The molecule has 33 heteroatoms. The van der Waals surface area contributed by atoms with Gasteiger partial charge in [0.2, 0.25) is 0 Å². The molecule has 0 spiro atoms. The number of aryl methyl sites for hydroxylation is 2. The average molecular weight is 1950 g/mol. The number of fused-ring (bicyclic) bond motifs is 6. The molecule has 18 heterocycles. The summed E-state index contributed by atoms with van der Waals surface area (Å²) >= 11 is 43.0. The molecule has 24 rings (SSSR count). The van der Waals surface area contributed by atoms with Crippen LogP contribution in [-0.4, -0.2) is 117 Å². The van der Waals surface area contributed by atoms with E-state index in [1.54, 1.807) is 114 Å². The zero-order valence-corrected chi connectivity index (χ0v) is 78.1. The maximum atomic E-state index is 14.4. The molecule has 138 heavy (non-hydrogen) atoms. The molecule has 0 bridgehead atoms. The SMILES string of the molecule is Cc1c(Cl)cccc1-c1ncccc1-c1ccc2ncnn2c1.Cc1cc(Cl)cc(-c2ncccc2-c2ccc3ncnn3c2)c1.Cc1ccc(Cl)cc1-c1ncccc1-c1ccc2ncnn2c1.Clc1ccc(Cl)c(-c2ncccc2-c2ccc3ncnn3c2)c1.Fc1c(Cl)cccc1-c1ncccc1-c1ccc2ncnn2c1.Fc1cc(Cl)cc(-c2ncccc2-c2ccc3ncnn3c2)c1. The first-order chi connectivity index (χ1) is 67.3. The van der Waals surface area contributed by atoms with Crippen molar-refractivity contribution in [3.63, 3.8) is 0 Å². The normalized spacial score (nSPS) is 11.0. The van der Waals surface area contributed by atoms with Crippen LogP contribution < -0.4 is 0 Å². The lowest BCUT2D eigenvalue weighted by Gasteiger charge is -2.12. The first kappa shape index (κ1) is 91.0. The molecule has 18 aromatic heterocycles. The Labute approximate surface area is 820 Å². The fourth-order valence-electron chi connectivity index (χ4n) is 15.6. The number of rotatable bonds is 12. The maximum Gasteiger partial charge on any atom is 0.155 e. The average Bonchev–Trinajstić information content (AvgIpc) is 1.14. The van der Waals surface area contributed by atoms with Crippen LogP contribution in [0.5, 0.6) is 0 Å². The van der Waals surface area contributed by atoms with Crippen LogP contribution in [0.15, 0.2) is 367 Å². The Morgan fingerprint density at radius 1 is 0.217 bits per heavy atom. The molecule has 0 radical (unpaired) electrons. The number of pyridine rings is 12. The van der Waals surface area contributed by atoms with Crippen LogP contribution in [0.1, 0.15) is 16.7 Å². The minimum absolute atomic E-state index is 0.0748. The fraction of sp³-hybridized carbons (Fsp3) is 0.0286. The summed E-state index contributed by atoms with van der Waals surface area (Å²) in [6.07, 6.45) is 31.1. The monoisotopic (exact) mass is 1950 g/mol. The molecule has 0 N–H and O–H groups in total. The Morgan fingerprint density at radius 3 is 0.899 bits per heavy atom. The zero-order chi connectivity index (χ0) is 94.9. The van der Waals surface area contributed by atoms with Crippen LogP contribution in [0.2, 0.25) is 35.2 Å². The Morgan fingerprint density at radius 2 is 0.522 bits per heavy atom. The third-order valence-electron chi connectivity index (χ3n) is 22.2. The van der Waals surface area contributed by atoms with Crippen molar-refractivity contribution < 1.29 is 8.78 Å². The summed E-state index contributed by atoms with van der Waals surface area (Å²) < 4.78 is 38.4. The highest BCUT2D eigenvalue weighted by molar-refractivity contribution is 6.36. The van der Waals surface area contributed by atoms with Crippen LogP contribution in [0.25, 0.3) is 168 Å². The Bertz CT molecular complexity index is 7850. The second-order valence-electron chi connectivity index (χ2n) is 31.1. The summed E-state index contributed by atoms with van der Waals surface area (Å²) in [4.78, 5) is 52.0. The van der Waals surface area contributed by atoms with Crippen LogP contribution in [0.4, 0.5) is 8.78 Å². The van der Waals surface area contributed by atoms with Crippen molar-refractivity contribution >= 4 is 115 Å². The third kappa shape index (κ3) is 20.1. The van der Waals surface area contributed by atoms with Gasteiger partial charge in [-0.1, -0.05) is 142 Å². The van der Waals surface area contributed by atoms with Gasteiger partial charge in [0.1, 0.15) is 43.8 Å².